The molecule has 1 aromatic carbocycles. The lowest BCUT2D eigenvalue weighted by Gasteiger charge is -2.15. The number of furan rings is 1. The third-order valence-corrected chi connectivity index (χ3v) is 2.73. The van der Waals surface area contributed by atoms with Crippen LogP contribution in [0.3, 0.4) is 0 Å². The molecule has 1 aromatic heterocycles. The minimum Gasteiger partial charge on any atom is -0.451 e. The second-order valence-corrected chi connectivity index (χ2v) is 4.41. The number of ether oxygens (including phenoxy) is 1. The molecule has 0 bridgehead atoms. The first-order valence-electron chi connectivity index (χ1n) is 5.15. The average molecular weight is 337 g/mol. The minimum absolute atomic E-state index is 0.0262. The molecule has 2 aromatic rings. The van der Waals surface area contributed by atoms with Gasteiger partial charge >= 0.3 is 6.36 Å². The zero-order valence-corrected chi connectivity index (χ0v) is 10.9. The summed E-state index contributed by atoms with van der Waals surface area (Å²) < 4.78 is 46.1. The maximum absolute atomic E-state index is 12.3. The second kappa shape index (κ2) is 5.26. The highest BCUT2D eigenvalue weighted by molar-refractivity contribution is 9.10. The summed E-state index contributed by atoms with van der Waals surface area (Å²) in [4.78, 5) is 0. The van der Waals surface area contributed by atoms with Crippen molar-refractivity contribution in [2.75, 3.05) is 0 Å². The van der Waals surface area contributed by atoms with Crippen LogP contribution >= 0.6 is 15.9 Å². The molecule has 19 heavy (non-hydrogen) atoms. The smallest absolute Gasteiger partial charge is 0.451 e. The fraction of sp³-hybridized carbons (Fsp3) is 0.167. The third-order valence-electron chi connectivity index (χ3n) is 2.30. The van der Waals surface area contributed by atoms with Crippen molar-refractivity contribution in [1.82, 2.24) is 0 Å². The zero-order chi connectivity index (χ0) is 14.0. The molecule has 1 heterocycles. The average Bonchev–Trinajstić information content (AvgIpc) is 2.74. The standard InChI is InChI=1S/C12H8BrF3O3/c13-10-6-5-9(18-10)11(17)7-3-1-2-4-8(7)19-12(14,15)16/h1-6,11,17H. The van der Waals surface area contributed by atoms with E-state index < -0.39 is 18.2 Å². The summed E-state index contributed by atoms with van der Waals surface area (Å²) in [6, 6.07) is 8.34. The maximum atomic E-state index is 12.3. The van der Waals surface area contributed by atoms with E-state index in [0.717, 1.165) is 6.07 Å². The van der Waals surface area contributed by atoms with Crippen LogP contribution in [-0.4, -0.2) is 11.5 Å². The van der Waals surface area contributed by atoms with Crippen LogP contribution in [0.15, 0.2) is 45.5 Å². The van der Waals surface area contributed by atoms with Gasteiger partial charge in [0.15, 0.2) is 4.67 Å². The number of hydrogen-bond donors (Lipinski definition) is 1. The molecule has 0 spiro atoms. The highest BCUT2D eigenvalue weighted by Crippen LogP contribution is 2.34. The van der Waals surface area contributed by atoms with Crippen LogP contribution in [0.4, 0.5) is 13.2 Å². The Morgan fingerprint density at radius 1 is 1.16 bits per heavy atom. The Bertz CT molecular complexity index is 565. The van der Waals surface area contributed by atoms with Crippen molar-refractivity contribution in [2.45, 2.75) is 12.5 Å². The molecule has 2 rings (SSSR count). The summed E-state index contributed by atoms with van der Waals surface area (Å²) in [7, 11) is 0. The first kappa shape index (κ1) is 14.0. The summed E-state index contributed by atoms with van der Waals surface area (Å²) in [6.45, 7) is 0. The Morgan fingerprint density at radius 3 is 2.42 bits per heavy atom. The Labute approximate surface area is 114 Å². The lowest BCUT2D eigenvalue weighted by Crippen LogP contribution is -2.18. The van der Waals surface area contributed by atoms with Crippen molar-refractivity contribution >= 4 is 15.9 Å². The Morgan fingerprint density at radius 2 is 1.84 bits per heavy atom. The minimum atomic E-state index is -4.82. The molecule has 0 radical (unpaired) electrons. The summed E-state index contributed by atoms with van der Waals surface area (Å²) in [5, 5.41) is 10.0. The van der Waals surface area contributed by atoms with E-state index in [4.69, 9.17) is 4.42 Å². The van der Waals surface area contributed by atoms with Crippen molar-refractivity contribution in [1.29, 1.82) is 0 Å². The number of alkyl halides is 3. The van der Waals surface area contributed by atoms with E-state index in [-0.39, 0.29) is 11.3 Å². The van der Waals surface area contributed by atoms with Crippen molar-refractivity contribution in [3.05, 3.63) is 52.4 Å². The topological polar surface area (TPSA) is 42.6 Å². The number of halogens is 4. The van der Waals surface area contributed by atoms with E-state index in [9.17, 15) is 18.3 Å². The second-order valence-electron chi connectivity index (χ2n) is 3.63. The molecule has 1 atom stereocenters. The molecule has 1 N–H and O–H groups in total. The monoisotopic (exact) mass is 336 g/mol. The Balaban J connectivity index is 2.34. The van der Waals surface area contributed by atoms with Crippen molar-refractivity contribution < 1.29 is 27.4 Å². The van der Waals surface area contributed by atoms with Gasteiger partial charge in [-0.15, -0.1) is 13.2 Å². The SMILES string of the molecule is OC(c1ccc(Br)o1)c1ccccc1OC(F)(F)F. The summed E-state index contributed by atoms with van der Waals surface area (Å²) >= 11 is 3.05. The highest BCUT2D eigenvalue weighted by Gasteiger charge is 2.33. The van der Waals surface area contributed by atoms with Gasteiger partial charge in [-0.2, -0.15) is 0 Å². The van der Waals surface area contributed by atoms with E-state index in [1.54, 1.807) is 0 Å². The van der Waals surface area contributed by atoms with E-state index in [1.807, 2.05) is 0 Å². The van der Waals surface area contributed by atoms with Gasteiger partial charge in [-0.3, -0.25) is 0 Å². The number of benzene rings is 1. The quantitative estimate of drug-likeness (QED) is 0.920. The highest BCUT2D eigenvalue weighted by atomic mass is 79.9. The van der Waals surface area contributed by atoms with E-state index in [0.29, 0.717) is 4.67 Å². The molecule has 102 valence electrons. The van der Waals surface area contributed by atoms with Gasteiger partial charge in [0, 0.05) is 5.56 Å². The lowest BCUT2D eigenvalue weighted by molar-refractivity contribution is -0.275. The number of aliphatic hydroxyl groups is 1. The van der Waals surface area contributed by atoms with Gasteiger partial charge in [0.2, 0.25) is 0 Å². The fourth-order valence-electron chi connectivity index (χ4n) is 1.55. The number of rotatable bonds is 3. The van der Waals surface area contributed by atoms with Gasteiger partial charge in [-0.05, 0) is 34.1 Å². The summed E-state index contributed by atoms with van der Waals surface area (Å²) in [5.41, 5.74) is -0.0262. The maximum Gasteiger partial charge on any atom is 0.573 e. The number of para-hydroxylation sites is 1. The van der Waals surface area contributed by atoms with Crippen LogP contribution in [0.5, 0.6) is 5.75 Å². The molecule has 0 aliphatic carbocycles. The van der Waals surface area contributed by atoms with E-state index in [1.165, 1.54) is 30.3 Å². The fourth-order valence-corrected chi connectivity index (χ4v) is 1.87. The zero-order valence-electron chi connectivity index (χ0n) is 9.32. The predicted octanol–water partition coefficient (Wildman–Crippen LogP) is 4.02. The third kappa shape index (κ3) is 3.51. The molecule has 3 nitrogen and oxygen atoms in total. The van der Waals surface area contributed by atoms with Crippen LogP contribution in [0.25, 0.3) is 0 Å². The van der Waals surface area contributed by atoms with Crippen LogP contribution in [0.1, 0.15) is 17.4 Å². The largest absolute Gasteiger partial charge is 0.573 e. The van der Waals surface area contributed by atoms with Crippen LogP contribution in [-0.2, 0) is 0 Å². The number of hydrogen-bond acceptors (Lipinski definition) is 3. The van der Waals surface area contributed by atoms with Gasteiger partial charge in [0.1, 0.15) is 17.6 Å². The van der Waals surface area contributed by atoms with Gasteiger partial charge in [0.05, 0.1) is 0 Å². The molecule has 7 heteroatoms. The van der Waals surface area contributed by atoms with E-state index >= 15 is 0 Å². The first-order valence-corrected chi connectivity index (χ1v) is 5.94. The van der Waals surface area contributed by atoms with Crippen molar-refractivity contribution in [2.24, 2.45) is 0 Å². The molecular weight excluding hydrogens is 329 g/mol. The summed E-state index contributed by atoms with van der Waals surface area (Å²) in [5.74, 6) is -0.347. The molecule has 0 saturated heterocycles. The van der Waals surface area contributed by atoms with Gasteiger partial charge in [-0.25, -0.2) is 0 Å². The molecule has 0 aliphatic rings. The van der Waals surface area contributed by atoms with E-state index in [2.05, 4.69) is 20.7 Å². The summed E-state index contributed by atoms with van der Waals surface area (Å²) in [6.07, 6.45) is -6.16. The number of aliphatic hydroxyl groups excluding tert-OH is 1. The molecule has 1 unspecified atom stereocenters. The molecule has 0 fully saturated rings. The molecule has 0 amide bonds. The van der Waals surface area contributed by atoms with Crippen molar-refractivity contribution in [3.8, 4) is 5.75 Å². The van der Waals surface area contributed by atoms with Crippen LogP contribution in [0, 0.1) is 0 Å². The van der Waals surface area contributed by atoms with Crippen LogP contribution in [0.2, 0.25) is 0 Å². The molecular formula is C12H8BrF3O3. The predicted molar refractivity (Wildman–Crippen MR) is 63.6 cm³/mol. The van der Waals surface area contributed by atoms with Crippen LogP contribution < -0.4 is 4.74 Å². The van der Waals surface area contributed by atoms with Crippen molar-refractivity contribution in [3.63, 3.8) is 0 Å². The van der Waals surface area contributed by atoms with Gasteiger partial charge in [0.25, 0.3) is 0 Å². The molecule has 0 aliphatic heterocycles. The Hall–Kier alpha value is -1.47. The first-order chi connectivity index (χ1) is 8.87. The normalized spacial score (nSPS) is 13.3. The van der Waals surface area contributed by atoms with Gasteiger partial charge < -0.3 is 14.3 Å². The lowest BCUT2D eigenvalue weighted by atomic mass is 10.1. The Kier molecular flexibility index (Phi) is 3.86. The van der Waals surface area contributed by atoms with Gasteiger partial charge in [-0.1, -0.05) is 18.2 Å². The molecule has 0 saturated carbocycles.